The summed E-state index contributed by atoms with van der Waals surface area (Å²) in [5, 5.41) is 0. The van der Waals surface area contributed by atoms with Crippen LogP contribution in [0.3, 0.4) is 0 Å². The molecule has 1 atom stereocenters. The van der Waals surface area contributed by atoms with Gasteiger partial charge in [-0.05, 0) is 12.3 Å². The molecule has 0 aliphatic carbocycles. The van der Waals surface area contributed by atoms with Crippen molar-refractivity contribution in [2.75, 3.05) is 0 Å². The molecule has 2 aromatic rings. The lowest BCUT2D eigenvalue weighted by Gasteiger charge is -2.36. The normalized spacial score (nSPS) is 13.0. The summed E-state index contributed by atoms with van der Waals surface area (Å²) < 4.78 is 141. The molecule has 0 N–H and O–H groups in total. The van der Waals surface area contributed by atoms with Gasteiger partial charge in [-0.1, -0.05) is 59.3 Å². The highest BCUT2D eigenvalue weighted by Crippen LogP contribution is 2.47. The van der Waals surface area contributed by atoms with Gasteiger partial charge in [0, 0.05) is 16.5 Å². The van der Waals surface area contributed by atoms with Crippen LogP contribution in [0.5, 0.6) is 0 Å². The van der Waals surface area contributed by atoms with Crippen molar-refractivity contribution in [2.45, 2.75) is 77.0 Å². The zero-order valence-electron chi connectivity index (χ0n) is 18.8. The van der Waals surface area contributed by atoms with Gasteiger partial charge >= 0.3 is 0 Å². The topological polar surface area (TPSA) is 0 Å². The average Bonchev–Trinajstić information content (AvgIpc) is 2.79. The Bertz CT molecular complexity index is 987. The van der Waals surface area contributed by atoms with Crippen LogP contribution in [0.2, 0.25) is 0 Å². The van der Waals surface area contributed by atoms with E-state index in [2.05, 4.69) is 0 Å². The highest BCUT2D eigenvalue weighted by molar-refractivity contribution is 5.38. The average molecular weight is 502 g/mol. The van der Waals surface area contributed by atoms with Gasteiger partial charge in [-0.2, -0.15) is 0 Å². The molecule has 34 heavy (non-hydrogen) atoms. The highest BCUT2D eigenvalue weighted by atomic mass is 19.2. The van der Waals surface area contributed by atoms with Crippen molar-refractivity contribution in [1.29, 1.82) is 0 Å². The van der Waals surface area contributed by atoms with Crippen LogP contribution in [0.25, 0.3) is 0 Å². The fourth-order valence-electron chi connectivity index (χ4n) is 4.27. The number of halogens is 10. The third-order valence-electron chi connectivity index (χ3n) is 6.16. The first-order valence-corrected chi connectivity index (χ1v) is 10.8. The van der Waals surface area contributed by atoms with E-state index in [0.717, 1.165) is 33.1 Å². The number of unbranched alkanes of at least 4 members (excludes halogenated alkanes) is 5. The van der Waals surface area contributed by atoms with Crippen LogP contribution >= 0.6 is 0 Å². The van der Waals surface area contributed by atoms with Crippen LogP contribution < -0.4 is 0 Å². The predicted octanol–water partition coefficient (Wildman–Crippen LogP) is 8.89. The molecule has 10 heteroatoms. The Morgan fingerprint density at radius 3 is 1.29 bits per heavy atom. The van der Waals surface area contributed by atoms with Gasteiger partial charge in [-0.25, -0.2) is 43.9 Å². The maximum atomic E-state index is 14.7. The van der Waals surface area contributed by atoms with Crippen molar-refractivity contribution in [3.05, 3.63) is 69.3 Å². The summed E-state index contributed by atoms with van der Waals surface area (Å²) in [5.41, 5.74) is -5.02. The molecule has 0 fully saturated rings. The Labute approximate surface area is 191 Å². The molecule has 2 aromatic carbocycles. The number of hydrogen-bond acceptors (Lipinski definition) is 0. The Kier molecular flexibility index (Phi) is 9.04. The molecule has 0 radical (unpaired) electrons. The smallest absolute Gasteiger partial charge is 0.200 e. The summed E-state index contributed by atoms with van der Waals surface area (Å²) in [7, 11) is 0. The van der Waals surface area contributed by atoms with Gasteiger partial charge in [-0.15, -0.1) is 0 Å². The van der Waals surface area contributed by atoms with E-state index >= 15 is 0 Å². The fourth-order valence-corrected chi connectivity index (χ4v) is 4.27. The molecule has 0 spiro atoms. The van der Waals surface area contributed by atoms with Crippen LogP contribution in [0.15, 0.2) is 0 Å². The molecular weight excluding hydrogens is 478 g/mol. The summed E-state index contributed by atoms with van der Waals surface area (Å²) in [4.78, 5) is 0. The van der Waals surface area contributed by atoms with E-state index in [0.29, 0.717) is 12.8 Å². The van der Waals surface area contributed by atoms with Gasteiger partial charge in [0.2, 0.25) is 11.6 Å². The molecular formula is C24H24F10. The van der Waals surface area contributed by atoms with Crippen molar-refractivity contribution in [3.8, 4) is 0 Å². The first-order valence-electron chi connectivity index (χ1n) is 10.8. The first kappa shape index (κ1) is 28.0. The van der Waals surface area contributed by atoms with Crippen molar-refractivity contribution in [1.82, 2.24) is 0 Å². The standard InChI is InChI=1S/C24H24F10/c1-4-5-6-7-8-9-10-11(12-14(25)18(29)22(33)19(30)15(12)26)24(2,3)13-16(27)20(31)23(34)21(32)17(13)28/h11H,4-10H2,1-3H3. The Morgan fingerprint density at radius 1 is 0.500 bits per heavy atom. The lowest BCUT2D eigenvalue weighted by atomic mass is 9.67. The number of hydrogen-bond donors (Lipinski definition) is 0. The van der Waals surface area contributed by atoms with E-state index in [-0.39, 0.29) is 12.8 Å². The molecule has 0 aliphatic heterocycles. The van der Waals surface area contributed by atoms with Crippen LogP contribution in [0.1, 0.15) is 82.8 Å². The van der Waals surface area contributed by atoms with Crippen molar-refractivity contribution in [2.24, 2.45) is 0 Å². The van der Waals surface area contributed by atoms with Gasteiger partial charge < -0.3 is 0 Å². The zero-order valence-corrected chi connectivity index (χ0v) is 18.8. The number of rotatable bonds is 10. The quantitative estimate of drug-likeness (QED) is 0.132. The van der Waals surface area contributed by atoms with Gasteiger partial charge in [-0.3, -0.25) is 0 Å². The van der Waals surface area contributed by atoms with Gasteiger partial charge in [0.15, 0.2) is 46.5 Å². The Balaban J connectivity index is 2.69. The first-order chi connectivity index (χ1) is 15.8. The molecule has 1 unspecified atom stereocenters. The largest absolute Gasteiger partial charge is 0.203 e. The third kappa shape index (κ3) is 5.05. The summed E-state index contributed by atoms with van der Waals surface area (Å²) in [5.74, 6) is -24.7. The molecule has 0 amide bonds. The maximum absolute atomic E-state index is 14.7. The molecule has 0 aromatic heterocycles. The maximum Gasteiger partial charge on any atom is 0.200 e. The molecule has 0 bridgehead atoms. The second-order valence-electron chi connectivity index (χ2n) is 8.76. The molecule has 0 nitrogen and oxygen atoms in total. The molecule has 190 valence electrons. The third-order valence-corrected chi connectivity index (χ3v) is 6.16. The molecule has 0 saturated carbocycles. The lowest BCUT2D eigenvalue weighted by Crippen LogP contribution is -2.33. The van der Waals surface area contributed by atoms with Crippen LogP contribution in [0.4, 0.5) is 43.9 Å². The lowest BCUT2D eigenvalue weighted by molar-refractivity contribution is 0.292. The minimum absolute atomic E-state index is 0.146. The van der Waals surface area contributed by atoms with Gasteiger partial charge in [0.25, 0.3) is 0 Å². The SMILES string of the molecule is CCCCCCCCC(c1c(F)c(F)c(F)c(F)c1F)C(C)(C)c1c(F)c(F)c(F)c(F)c1F. The van der Waals surface area contributed by atoms with E-state index in [1.807, 2.05) is 6.92 Å². The second kappa shape index (κ2) is 11.0. The fraction of sp³-hybridized carbons (Fsp3) is 0.500. The minimum atomic E-state index is -2.43. The summed E-state index contributed by atoms with van der Waals surface area (Å²) in [6.45, 7) is 3.84. The summed E-state index contributed by atoms with van der Waals surface area (Å²) in [6.07, 6.45) is 3.56. The molecule has 2 rings (SSSR count). The predicted molar refractivity (Wildman–Crippen MR) is 106 cm³/mol. The minimum Gasteiger partial charge on any atom is -0.203 e. The van der Waals surface area contributed by atoms with Crippen LogP contribution in [-0.4, -0.2) is 0 Å². The van der Waals surface area contributed by atoms with E-state index < -0.39 is 80.6 Å². The highest BCUT2D eigenvalue weighted by Gasteiger charge is 2.44. The molecule has 0 saturated heterocycles. The van der Waals surface area contributed by atoms with Crippen LogP contribution in [0, 0.1) is 58.2 Å². The van der Waals surface area contributed by atoms with Gasteiger partial charge in [0.05, 0.1) is 0 Å². The van der Waals surface area contributed by atoms with E-state index in [1.54, 1.807) is 0 Å². The summed E-state index contributed by atoms with van der Waals surface area (Å²) in [6, 6.07) is 0. The second-order valence-corrected chi connectivity index (χ2v) is 8.76. The van der Waals surface area contributed by atoms with E-state index in [4.69, 9.17) is 0 Å². The van der Waals surface area contributed by atoms with Gasteiger partial charge in [0.1, 0.15) is 0 Å². The summed E-state index contributed by atoms with van der Waals surface area (Å²) >= 11 is 0. The van der Waals surface area contributed by atoms with Crippen LogP contribution in [-0.2, 0) is 5.41 Å². The number of benzene rings is 2. The van der Waals surface area contributed by atoms with E-state index in [1.165, 1.54) is 0 Å². The Hall–Kier alpha value is -2.26. The molecule has 0 heterocycles. The molecule has 0 aliphatic rings. The van der Waals surface area contributed by atoms with E-state index in [9.17, 15) is 43.9 Å². The monoisotopic (exact) mass is 502 g/mol. The Morgan fingerprint density at radius 2 is 0.853 bits per heavy atom. The van der Waals surface area contributed by atoms with Crippen molar-refractivity contribution < 1.29 is 43.9 Å². The van der Waals surface area contributed by atoms with Crippen molar-refractivity contribution in [3.63, 3.8) is 0 Å². The zero-order chi connectivity index (χ0) is 26.0. The van der Waals surface area contributed by atoms with Crippen molar-refractivity contribution >= 4 is 0 Å².